The van der Waals surface area contributed by atoms with Crippen molar-refractivity contribution in [3.63, 3.8) is 0 Å². The molecule has 1 atom stereocenters. The zero-order valence-electron chi connectivity index (χ0n) is 17.2. The molecule has 0 fully saturated rings. The molecule has 0 aliphatic carbocycles. The van der Waals surface area contributed by atoms with E-state index in [2.05, 4.69) is 39.0 Å². The van der Waals surface area contributed by atoms with Gasteiger partial charge in [-0.1, -0.05) is 50.8 Å². The van der Waals surface area contributed by atoms with Gasteiger partial charge in [-0.15, -0.1) is 0 Å². The van der Waals surface area contributed by atoms with Gasteiger partial charge in [-0.2, -0.15) is 0 Å². The number of ether oxygens (including phenoxy) is 1. The summed E-state index contributed by atoms with van der Waals surface area (Å²) >= 11 is 0. The van der Waals surface area contributed by atoms with Gasteiger partial charge >= 0.3 is 0 Å². The highest BCUT2D eigenvalue weighted by molar-refractivity contribution is 5.74. The maximum atomic E-state index is 10.7. The lowest BCUT2D eigenvalue weighted by molar-refractivity contribution is 0.112. The van der Waals surface area contributed by atoms with Crippen molar-refractivity contribution in [2.75, 3.05) is 6.61 Å². The number of benzene rings is 2. The predicted octanol–water partition coefficient (Wildman–Crippen LogP) is 6.71. The Morgan fingerprint density at radius 1 is 0.926 bits per heavy atom. The third kappa shape index (κ3) is 7.58. The Morgan fingerprint density at radius 3 is 2.33 bits per heavy atom. The van der Waals surface area contributed by atoms with Gasteiger partial charge in [0.15, 0.2) is 0 Å². The van der Waals surface area contributed by atoms with Crippen molar-refractivity contribution in [3.8, 4) is 5.75 Å². The molecule has 0 saturated heterocycles. The number of hydrogen-bond donors (Lipinski definition) is 0. The summed E-state index contributed by atoms with van der Waals surface area (Å²) in [6.07, 6.45) is 9.50. The highest BCUT2D eigenvalue weighted by Gasteiger charge is 2.11. The molecule has 0 aliphatic rings. The van der Waals surface area contributed by atoms with E-state index < -0.39 is 0 Å². The molecule has 2 rings (SSSR count). The van der Waals surface area contributed by atoms with Crippen molar-refractivity contribution >= 4 is 6.29 Å². The van der Waals surface area contributed by atoms with Gasteiger partial charge in [-0.3, -0.25) is 4.79 Å². The van der Waals surface area contributed by atoms with Crippen LogP contribution in [-0.2, 0) is 6.42 Å². The van der Waals surface area contributed by atoms with E-state index in [9.17, 15) is 4.79 Å². The molecule has 0 aliphatic heterocycles. The molecule has 2 nitrogen and oxygen atoms in total. The van der Waals surface area contributed by atoms with E-state index >= 15 is 0 Å². The first kappa shape index (κ1) is 21.2. The third-order valence-electron chi connectivity index (χ3n) is 5.35. The first-order valence-corrected chi connectivity index (χ1v) is 10.4. The topological polar surface area (TPSA) is 26.3 Å². The van der Waals surface area contributed by atoms with E-state index in [0.29, 0.717) is 5.56 Å². The fourth-order valence-electron chi connectivity index (χ4n) is 3.50. The monoisotopic (exact) mass is 366 g/mol. The first-order chi connectivity index (χ1) is 13.1. The van der Waals surface area contributed by atoms with Crippen LogP contribution in [0.5, 0.6) is 5.75 Å². The molecule has 0 aromatic heterocycles. The van der Waals surface area contributed by atoms with E-state index in [-0.39, 0.29) is 0 Å². The van der Waals surface area contributed by atoms with Crippen LogP contribution in [0, 0.1) is 19.8 Å². The maximum absolute atomic E-state index is 10.7. The minimum Gasteiger partial charge on any atom is -0.494 e. The van der Waals surface area contributed by atoms with E-state index in [4.69, 9.17) is 4.74 Å². The average Bonchev–Trinajstić information content (AvgIpc) is 2.68. The van der Waals surface area contributed by atoms with Gasteiger partial charge in [0.25, 0.3) is 0 Å². The van der Waals surface area contributed by atoms with Crippen molar-refractivity contribution < 1.29 is 9.53 Å². The van der Waals surface area contributed by atoms with Crippen LogP contribution >= 0.6 is 0 Å². The molecule has 0 saturated carbocycles. The van der Waals surface area contributed by atoms with Gasteiger partial charge in [-0.05, 0) is 80.0 Å². The summed E-state index contributed by atoms with van der Waals surface area (Å²) in [6, 6.07) is 14.2. The van der Waals surface area contributed by atoms with E-state index in [1.54, 1.807) is 12.1 Å². The Bertz CT molecular complexity index is 688. The van der Waals surface area contributed by atoms with Gasteiger partial charge in [0, 0.05) is 5.56 Å². The lowest BCUT2D eigenvalue weighted by Gasteiger charge is -2.18. The van der Waals surface area contributed by atoms with E-state index in [1.165, 1.54) is 55.2 Å². The highest BCUT2D eigenvalue weighted by atomic mass is 16.5. The predicted molar refractivity (Wildman–Crippen MR) is 114 cm³/mol. The van der Waals surface area contributed by atoms with Crippen molar-refractivity contribution in [2.24, 2.45) is 5.92 Å². The molecule has 146 valence electrons. The zero-order valence-corrected chi connectivity index (χ0v) is 17.2. The molecule has 2 heteroatoms. The van der Waals surface area contributed by atoms with Gasteiger partial charge in [-0.25, -0.2) is 0 Å². The van der Waals surface area contributed by atoms with Crippen LogP contribution in [0.25, 0.3) is 0 Å². The minimum atomic E-state index is 0.687. The van der Waals surface area contributed by atoms with Crippen molar-refractivity contribution in [2.45, 2.75) is 65.7 Å². The number of aldehydes is 1. The molecule has 0 amide bonds. The molecular formula is C25H34O2. The minimum absolute atomic E-state index is 0.687. The van der Waals surface area contributed by atoms with Crippen LogP contribution in [-0.4, -0.2) is 12.9 Å². The summed E-state index contributed by atoms with van der Waals surface area (Å²) in [6.45, 7) is 7.38. The van der Waals surface area contributed by atoms with E-state index in [1.807, 2.05) is 12.1 Å². The van der Waals surface area contributed by atoms with Crippen molar-refractivity contribution in [1.82, 2.24) is 0 Å². The Kier molecular flexibility index (Phi) is 9.10. The lowest BCUT2D eigenvalue weighted by Crippen LogP contribution is -2.08. The molecule has 0 radical (unpaired) electrons. The average molecular weight is 367 g/mol. The van der Waals surface area contributed by atoms with Gasteiger partial charge < -0.3 is 4.74 Å². The summed E-state index contributed by atoms with van der Waals surface area (Å²) in [7, 11) is 0. The first-order valence-electron chi connectivity index (χ1n) is 10.4. The molecule has 0 bridgehead atoms. The fourth-order valence-corrected chi connectivity index (χ4v) is 3.50. The zero-order chi connectivity index (χ0) is 19.5. The molecular weight excluding hydrogens is 332 g/mol. The molecule has 0 heterocycles. The number of unbranched alkanes of at least 4 members (excludes halogenated alkanes) is 2. The molecule has 2 aromatic rings. The molecule has 0 unspecified atom stereocenters. The quantitative estimate of drug-likeness (QED) is 0.308. The second kappa shape index (κ2) is 11.6. The summed E-state index contributed by atoms with van der Waals surface area (Å²) in [5, 5.41) is 0. The Labute approximate surface area is 165 Å². The highest BCUT2D eigenvalue weighted by Crippen LogP contribution is 2.23. The number of rotatable bonds is 12. The fraction of sp³-hybridized carbons (Fsp3) is 0.480. The smallest absolute Gasteiger partial charge is 0.150 e. The number of carbonyl (C=O) groups is 1. The number of aryl methyl sites for hydroxylation is 2. The number of carbonyl (C=O) groups excluding carboxylic acids is 1. The normalized spacial score (nSPS) is 12.0. The Balaban J connectivity index is 1.83. The van der Waals surface area contributed by atoms with Crippen LogP contribution in [0.15, 0.2) is 42.5 Å². The summed E-state index contributed by atoms with van der Waals surface area (Å²) in [4.78, 5) is 10.7. The largest absolute Gasteiger partial charge is 0.494 e. The van der Waals surface area contributed by atoms with Crippen molar-refractivity contribution in [3.05, 3.63) is 64.7 Å². The standard InChI is InChI=1S/C25H34O2/c1-4-5-6-8-22(18-24-11-10-20(2)21(3)17-24)9-7-16-27-25-14-12-23(19-26)13-15-25/h10-15,17,19,22H,4-9,16,18H2,1-3H3/t22-/m1/s1. The Morgan fingerprint density at radius 2 is 1.67 bits per heavy atom. The molecule has 2 aromatic carbocycles. The third-order valence-corrected chi connectivity index (χ3v) is 5.35. The molecule has 0 N–H and O–H groups in total. The summed E-state index contributed by atoms with van der Waals surface area (Å²) in [5.41, 5.74) is 4.91. The van der Waals surface area contributed by atoms with Gasteiger partial charge in [0.1, 0.15) is 12.0 Å². The SMILES string of the molecule is CCCCC[C@H](CCCOc1ccc(C=O)cc1)Cc1ccc(C)c(C)c1. The summed E-state index contributed by atoms with van der Waals surface area (Å²) < 4.78 is 5.85. The van der Waals surface area contributed by atoms with E-state index in [0.717, 1.165) is 31.0 Å². The second-order valence-corrected chi connectivity index (χ2v) is 7.66. The van der Waals surface area contributed by atoms with Crippen molar-refractivity contribution in [1.29, 1.82) is 0 Å². The van der Waals surface area contributed by atoms with Crippen LogP contribution in [0.3, 0.4) is 0 Å². The Hall–Kier alpha value is -2.09. The van der Waals surface area contributed by atoms with Crippen LogP contribution in [0.2, 0.25) is 0 Å². The lowest BCUT2D eigenvalue weighted by atomic mass is 9.89. The van der Waals surface area contributed by atoms with Crippen LogP contribution in [0.1, 0.15) is 72.5 Å². The maximum Gasteiger partial charge on any atom is 0.150 e. The molecule has 27 heavy (non-hydrogen) atoms. The second-order valence-electron chi connectivity index (χ2n) is 7.66. The van der Waals surface area contributed by atoms with Crippen LogP contribution in [0.4, 0.5) is 0 Å². The summed E-state index contributed by atoms with van der Waals surface area (Å²) in [5.74, 6) is 1.57. The van der Waals surface area contributed by atoms with Gasteiger partial charge in [0.2, 0.25) is 0 Å². The number of hydrogen-bond acceptors (Lipinski definition) is 2. The molecule has 0 spiro atoms. The van der Waals surface area contributed by atoms with Gasteiger partial charge in [0.05, 0.1) is 6.61 Å². The van der Waals surface area contributed by atoms with Crippen LogP contribution < -0.4 is 4.74 Å².